The summed E-state index contributed by atoms with van der Waals surface area (Å²) in [4.78, 5) is 29.5. The van der Waals surface area contributed by atoms with E-state index in [2.05, 4.69) is 5.32 Å². The maximum Gasteiger partial charge on any atom is 0.244 e. The first-order valence-electron chi connectivity index (χ1n) is 14.1. The minimum absolute atomic E-state index is 0.100. The van der Waals surface area contributed by atoms with Crippen molar-refractivity contribution in [1.82, 2.24) is 10.2 Å². The monoisotopic (exact) mass is 593 g/mol. The van der Waals surface area contributed by atoms with E-state index in [1.807, 2.05) is 75.4 Å². The highest BCUT2D eigenvalue weighted by Crippen LogP contribution is 2.34. The summed E-state index contributed by atoms with van der Waals surface area (Å²) < 4.78 is 38.4. The second-order valence-electron chi connectivity index (χ2n) is 10.6. The van der Waals surface area contributed by atoms with Gasteiger partial charge in [-0.3, -0.25) is 13.9 Å². The average molecular weight is 594 g/mol. The first kappa shape index (κ1) is 30.9. The number of nitrogens with zero attached hydrogens (tertiary/aromatic N) is 2. The number of fused-ring (bicyclic) bond motifs is 1. The van der Waals surface area contributed by atoms with Gasteiger partial charge in [0.2, 0.25) is 21.8 Å². The number of sulfonamides is 1. The van der Waals surface area contributed by atoms with E-state index in [9.17, 15) is 18.0 Å². The van der Waals surface area contributed by atoms with Crippen LogP contribution in [0.4, 0.5) is 5.69 Å². The molecule has 2 amide bonds. The molecule has 1 aliphatic rings. The van der Waals surface area contributed by atoms with Crippen LogP contribution >= 0.6 is 0 Å². The molecule has 0 aliphatic carbocycles. The van der Waals surface area contributed by atoms with Crippen LogP contribution in [0, 0.1) is 6.92 Å². The molecule has 1 heterocycles. The number of hydrogen-bond donors (Lipinski definition) is 1. The second-order valence-corrected chi connectivity index (χ2v) is 12.5. The van der Waals surface area contributed by atoms with Crippen molar-refractivity contribution in [2.45, 2.75) is 52.2 Å². The summed E-state index contributed by atoms with van der Waals surface area (Å²) in [6.07, 6.45) is 2.05. The smallest absolute Gasteiger partial charge is 0.244 e. The average Bonchev–Trinajstić information content (AvgIpc) is 2.97. The number of benzene rings is 3. The molecule has 1 N–H and O–H groups in total. The van der Waals surface area contributed by atoms with Gasteiger partial charge in [0.15, 0.2) is 11.5 Å². The third-order valence-electron chi connectivity index (χ3n) is 7.20. The highest BCUT2D eigenvalue weighted by molar-refractivity contribution is 7.92. The lowest BCUT2D eigenvalue weighted by atomic mass is 10.0. The Hall–Kier alpha value is -4.05. The number of nitrogens with one attached hydrogen (secondary N) is 1. The van der Waals surface area contributed by atoms with Gasteiger partial charge in [0.25, 0.3) is 0 Å². The van der Waals surface area contributed by atoms with Crippen LogP contribution in [-0.4, -0.2) is 63.2 Å². The lowest BCUT2D eigenvalue weighted by molar-refractivity contribution is -0.140. The molecule has 1 aliphatic heterocycles. The van der Waals surface area contributed by atoms with Gasteiger partial charge in [0, 0.05) is 25.1 Å². The van der Waals surface area contributed by atoms with Crippen molar-refractivity contribution < 1.29 is 27.5 Å². The minimum Gasteiger partial charge on any atom is -0.486 e. The summed E-state index contributed by atoms with van der Waals surface area (Å²) in [6.45, 7) is 6.22. The summed E-state index contributed by atoms with van der Waals surface area (Å²) in [6, 6.07) is 21.0. The molecule has 0 saturated carbocycles. The molecule has 0 radical (unpaired) electrons. The molecule has 4 rings (SSSR count). The number of aryl methyl sites for hydroxylation is 1. The van der Waals surface area contributed by atoms with Gasteiger partial charge >= 0.3 is 0 Å². The Morgan fingerprint density at radius 2 is 1.62 bits per heavy atom. The van der Waals surface area contributed by atoms with Gasteiger partial charge in [0.1, 0.15) is 25.8 Å². The van der Waals surface area contributed by atoms with Gasteiger partial charge in [0.05, 0.1) is 11.9 Å². The molecule has 224 valence electrons. The number of rotatable bonds is 12. The van der Waals surface area contributed by atoms with Crippen molar-refractivity contribution in [2.24, 2.45) is 0 Å². The fourth-order valence-electron chi connectivity index (χ4n) is 4.80. The number of hydrogen-bond acceptors (Lipinski definition) is 6. The molecule has 9 nitrogen and oxygen atoms in total. The Labute approximate surface area is 248 Å². The molecule has 0 saturated heterocycles. The van der Waals surface area contributed by atoms with E-state index in [1.54, 1.807) is 18.2 Å². The van der Waals surface area contributed by atoms with E-state index in [-0.39, 0.29) is 30.6 Å². The Morgan fingerprint density at radius 1 is 0.929 bits per heavy atom. The number of amides is 2. The van der Waals surface area contributed by atoms with E-state index in [0.717, 1.165) is 33.7 Å². The molecule has 10 heteroatoms. The van der Waals surface area contributed by atoms with Gasteiger partial charge in [-0.15, -0.1) is 0 Å². The molecule has 2 atom stereocenters. The fourth-order valence-corrected chi connectivity index (χ4v) is 5.64. The Bertz CT molecular complexity index is 1500. The van der Waals surface area contributed by atoms with Gasteiger partial charge in [-0.1, -0.05) is 67.1 Å². The minimum atomic E-state index is -3.89. The zero-order valence-corrected chi connectivity index (χ0v) is 25.4. The first-order valence-corrected chi connectivity index (χ1v) is 16.0. The van der Waals surface area contributed by atoms with E-state index in [0.29, 0.717) is 24.7 Å². The Balaban J connectivity index is 1.73. The maximum atomic E-state index is 14.2. The predicted molar refractivity (Wildman–Crippen MR) is 163 cm³/mol. The van der Waals surface area contributed by atoms with Crippen LogP contribution in [0.15, 0.2) is 72.8 Å². The maximum absolute atomic E-state index is 14.2. The largest absolute Gasteiger partial charge is 0.486 e. The molecule has 0 bridgehead atoms. The number of carbonyl (C=O) groups is 2. The topological polar surface area (TPSA) is 105 Å². The van der Waals surface area contributed by atoms with Crippen LogP contribution in [-0.2, 0) is 32.6 Å². The van der Waals surface area contributed by atoms with Crippen molar-refractivity contribution in [3.8, 4) is 11.5 Å². The van der Waals surface area contributed by atoms with Gasteiger partial charge in [-0.05, 0) is 43.5 Å². The lowest BCUT2D eigenvalue weighted by Crippen LogP contribution is -2.54. The van der Waals surface area contributed by atoms with E-state index in [4.69, 9.17) is 9.47 Å². The van der Waals surface area contributed by atoms with Crippen molar-refractivity contribution in [3.63, 3.8) is 0 Å². The van der Waals surface area contributed by atoms with Gasteiger partial charge < -0.3 is 19.7 Å². The highest BCUT2D eigenvalue weighted by Gasteiger charge is 2.33. The highest BCUT2D eigenvalue weighted by atomic mass is 32.2. The van der Waals surface area contributed by atoms with Crippen molar-refractivity contribution in [1.29, 1.82) is 0 Å². The summed E-state index contributed by atoms with van der Waals surface area (Å²) in [5.74, 6) is 0.123. The molecule has 3 aromatic carbocycles. The van der Waals surface area contributed by atoms with E-state index in [1.165, 1.54) is 4.90 Å². The van der Waals surface area contributed by atoms with Crippen molar-refractivity contribution in [2.75, 3.05) is 30.3 Å². The Morgan fingerprint density at radius 3 is 2.29 bits per heavy atom. The zero-order chi connectivity index (χ0) is 30.3. The molecule has 0 aromatic heterocycles. The van der Waals surface area contributed by atoms with Crippen molar-refractivity contribution in [3.05, 3.63) is 89.5 Å². The van der Waals surface area contributed by atoms with Crippen LogP contribution in [0.1, 0.15) is 37.0 Å². The molecule has 0 fully saturated rings. The Kier molecular flexibility index (Phi) is 10.1. The standard InChI is InChI=1S/C32H39N3O6S/c1-5-24(3)33-32(37)28(19-25-11-7-6-8-12-25)34(21-26-13-9-10-23(2)18-26)31(36)22-35(42(4,38)39)27-14-15-29-30(20-27)41-17-16-40-29/h6-15,18,20,24,28H,5,16-17,19,21-22H2,1-4H3,(H,33,37)/t24-,28-/m1/s1. The molecule has 42 heavy (non-hydrogen) atoms. The lowest BCUT2D eigenvalue weighted by Gasteiger charge is -2.34. The number of carbonyl (C=O) groups excluding carboxylic acids is 2. The van der Waals surface area contributed by atoms with Gasteiger partial charge in [-0.25, -0.2) is 8.42 Å². The van der Waals surface area contributed by atoms with Crippen LogP contribution in [0.3, 0.4) is 0 Å². The van der Waals surface area contributed by atoms with Gasteiger partial charge in [-0.2, -0.15) is 0 Å². The van der Waals surface area contributed by atoms with E-state index >= 15 is 0 Å². The van der Waals surface area contributed by atoms with Crippen LogP contribution in [0.2, 0.25) is 0 Å². The van der Waals surface area contributed by atoms with Crippen LogP contribution < -0.4 is 19.1 Å². The fraction of sp³-hybridized carbons (Fsp3) is 0.375. The molecule has 0 spiro atoms. The molecule has 3 aromatic rings. The molecule has 0 unspecified atom stereocenters. The summed E-state index contributed by atoms with van der Waals surface area (Å²) in [5.41, 5.74) is 3.01. The number of anilines is 1. The second kappa shape index (κ2) is 13.7. The molecular formula is C32H39N3O6S. The molecular weight excluding hydrogens is 554 g/mol. The third-order valence-corrected chi connectivity index (χ3v) is 8.34. The quantitative estimate of drug-likeness (QED) is 0.339. The normalized spacial score (nSPS) is 14.0. The summed E-state index contributed by atoms with van der Waals surface area (Å²) >= 11 is 0. The predicted octanol–water partition coefficient (Wildman–Crippen LogP) is 4.09. The number of ether oxygens (including phenoxy) is 2. The van der Waals surface area contributed by atoms with Crippen molar-refractivity contribution >= 4 is 27.5 Å². The first-order chi connectivity index (χ1) is 20.0. The summed E-state index contributed by atoms with van der Waals surface area (Å²) in [5, 5.41) is 3.04. The SMILES string of the molecule is CC[C@@H](C)NC(=O)[C@@H](Cc1ccccc1)N(Cc1cccc(C)c1)C(=O)CN(c1ccc2c(c1)OCCO2)S(C)(=O)=O. The van der Waals surface area contributed by atoms with Crippen LogP contribution in [0.25, 0.3) is 0 Å². The third kappa shape index (κ3) is 8.03. The summed E-state index contributed by atoms with van der Waals surface area (Å²) in [7, 11) is -3.89. The van der Waals surface area contributed by atoms with Crippen LogP contribution in [0.5, 0.6) is 11.5 Å². The van der Waals surface area contributed by atoms with E-state index < -0.39 is 28.5 Å². The zero-order valence-electron chi connectivity index (χ0n) is 24.6.